The number of hydrogen-bond donors (Lipinski definition) is 1. The van der Waals surface area contributed by atoms with Crippen molar-refractivity contribution in [2.75, 3.05) is 5.32 Å². The van der Waals surface area contributed by atoms with Crippen molar-refractivity contribution in [2.45, 2.75) is 26.3 Å². The van der Waals surface area contributed by atoms with Gasteiger partial charge in [0.15, 0.2) is 16.3 Å². The van der Waals surface area contributed by atoms with Gasteiger partial charge >= 0.3 is 5.69 Å². The molecule has 132 valence electrons. The number of hydrogen-bond acceptors (Lipinski definition) is 6. The molecule has 25 heavy (non-hydrogen) atoms. The molecule has 0 unspecified atom stereocenters. The van der Waals surface area contributed by atoms with Crippen LogP contribution in [0.2, 0.25) is 0 Å². The van der Waals surface area contributed by atoms with Gasteiger partial charge < -0.3 is 9.88 Å². The monoisotopic (exact) mass is 362 g/mol. The number of thiazole rings is 1. The molecule has 9 nitrogen and oxygen atoms in total. The second kappa shape index (κ2) is 6.28. The fraction of sp³-hybridized carbons (Fsp3) is 0.400. The first-order valence-corrected chi connectivity index (χ1v) is 8.53. The van der Waals surface area contributed by atoms with E-state index in [1.54, 1.807) is 7.05 Å². The van der Waals surface area contributed by atoms with E-state index in [9.17, 15) is 14.4 Å². The summed E-state index contributed by atoms with van der Waals surface area (Å²) in [5, 5.41) is 4.95. The van der Waals surface area contributed by atoms with Crippen molar-refractivity contribution >= 4 is 33.5 Å². The maximum Gasteiger partial charge on any atom is 0.332 e. The number of fused-ring (bicyclic) bond motifs is 1. The molecule has 1 amide bonds. The molecular formula is C15H18N6O3S. The van der Waals surface area contributed by atoms with Gasteiger partial charge in [-0.3, -0.25) is 14.2 Å². The molecule has 3 aromatic heterocycles. The number of rotatable bonds is 4. The summed E-state index contributed by atoms with van der Waals surface area (Å²) in [6.07, 6.45) is 1.46. The van der Waals surface area contributed by atoms with Gasteiger partial charge in [0.25, 0.3) is 5.56 Å². The highest BCUT2D eigenvalue weighted by atomic mass is 32.1. The highest BCUT2D eigenvalue weighted by Gasteiger charge is 2.17. The zero-order valence-corrected chi connectivity index (χ0v) is 15.1. The van der Waals surface area contributed by atoms with Gasteiger partial charge in [-0.1, -0.05) is 13.8 Å². The van der Waals surface area contributed by atoms with E-state index in [4.69, 9.17) is 0 Å². The number of nitrogens with zero attached hydrogens (tertiary/aromatic N) is 5. The Kier molecular flexibility index (Phi) is 4.29. The molecule has 0 atom stereocenters. The summed E-state index contributed by atoms with van der Waals surface area (Å²) < 4.78 is 3.68. The van der Waals surface area contributed by atoms with Crippen molar-refractivity contribution in [3.05, 3.63) is 38.2 Å². The fourth-order valence-corrected chi connectivity index (χ4v) is 3.33. The van der Waals surface area contributed by atoms with E-state index in [1.807, 2.05) is 19.2 Å². The molecule has 0 saturated carbocycles. The summed E-state index contributed by atoms with van der Waals surface area (Å²) in [7, 11) is 3.18. The Balaban J connectivity index is 1.92. The number of nitrogens with one attached hydrogen (secondary N) is 1. The molecular weight excluding hydrogens is 344 g/mol. The topological polar surface area (TPSA) is 104 Å². The lowest BCUT2D eigenvalue weighted by atomic mass is 10.2. The number of carbonyl (C=O) groups is 1. The van der Waals surface area contributed by atoms with E-state index in [-0.39, 0.29) is 23.6 Å². The summed E-state index contributed by atoms with van der Waals surface area (Å²) in [5.74, 6) is -0.227. The maximum atomic E-state index is 12.6. The smallest absolute Gasteiger partial charge is 0.328 e. The first-order valence-electron chi connectivity index (χ1n) is 7.65. The van der Waals surface area contributed by atoms with Crippen LogP contribution in [0.5, 0.6) is 0 Å². The molecule has 0 fully saturated rings. The van der Waals surface area contributed by atoms with E-state index < -0.39 is 17.2 Å². The Hall–Kier alpha value is -2.75. The Morgan fingerprint density at radius 3 is 2.68 bits per heavy atom. The standard InChI is InChI=1S/C15H18N6O3S/c1-8(2)9-6-25-14(17-9)18-10(22)5-21-13(23)11-12(16-7-19(11)3)20(4)15(21)24/h6-8H,5H2,1-4H3,(H,17,18,22). The minimum absolute atomic E-state index is 0.254. The average molecular weight is 362 g/mol. The number of imidazole rings is 1. The van der Waals surface area contributed by atoms with E-state index >= 15 is 0 Å². The molecule has 0 saturated heterocycles. The third-order valence-electron chi connectivity index (χ3n) is 3.86. The molecule has 0 aliphatic carbocycles. The summed E-state index contributed by atoms with van der Waals surface area (Å²) in [6.45, 7) is 3.63. The lowest BCUT2D eigenvalue weighted by Crippen LogP contribution is -2.42. The summed E-state index contributed by atoms with van der Waals surface area (Å²) >= 11 is 1.31. The number of amides is 1. The van der Waals surface area contributed by atoms with Crippen molar-refractivity contribution in [1.82, 2.24) is 23.7 Å². The Bertz CT molecular complexity index is 1070. The minimum atomic E-state index is -0.589. The first-order chi connectivity index (χ1) is 11.8. The third-order valence-corrected chi connectivity index (χ3v) is 4.64. The van der Waals surface area contributed by atoms with Crippen molar-refractivity contribution in [3.8, 4) is 0 Å². The fourth-order valence-electron chi connectivity index (χ4n) is 2.45. The van der Waals surface area contributed by atoms with Crippen LogP contribution in [0.15, 0.2) is 21.3 Å². The van der Waals surface area contributed by atoms with Gasteiger partial charge in [0.1, 0.15) is 6.54 Å². The van der Waals surface area contributed by atoms with Crippen LogP contribution < -0.4 is 16.6 Å². The highest BCUT2D eigenvalue weighted by molar-refractivity contribution is 7.13. The molecule has 0 aliphatic heterocycles. The molecule has 0 bridgehead atoms. The van der Waals surface area contributed by atoms with Crippen LogP contribution in [-0.2, 0) is 25.4 Å². The molecule has 0 spiro atoms. The number of aromatic nitrogens is 5. The molecule has 3 heterocycles. The van der Waals surface area contributed by atoms with E-state index in [0.717, 1.165) is 10.3 Å². The van der Waals surface area contributed by atoms with Crippen LogP contribution in [0.25, 0.3) is 11.2 Å². The van der Waals surface area contributed by atoms with Crippen LogP contribution in [0.1, 0.15) is 25.5 Å². The maximum absolute atomic E-state index is 12.6. The summed E-state index contributed by atoms with van der Waals surface area (Å²) in [6, 6.07) is 0. The van der Waals surface area contributed by atoms with E-state index in [1.165, 1.54) is 33.8 Å². The summed E-state index contributed by atoms with van der Waals surface area (Å²) in [4.78, 5) is 45.6. The number of anilines is 1. The van der Waals surface area contributed by atoms with Gasteiger partial charge in [-0.2, -0.15) is 0 Å². The van der Waals surface area contributed by atoms with Crippen molar-refractivity contribution in [2.24, 2.45) is 14.1 Å². The lowest BCUT2D eigenvalue weighted by molar-refractivity contribution is -0.116. The highest BCUT2D eigenvalue weighted by Crippen LogP contribution is 2.21. The molecule has 0 radical (unpaired) electrons. The Morgan fingerprint density at radius 2 is 2.04 bits per heavy atom. The molecule has 3 rings (SSSR count). The summed E-state index contributed by atoms with van der Waals surface area (Å²) in [5.41, 5.74) is 0.301. The van der Waals surface area contributed by atoms with Gasteiger partial charge in [-0.15, -0.1) is 11.3 Å². The molecule has 10 heteroatoms. The number of carbonyl (C=O) groups excluding carboxylic acids is 1. The second-order valence-corrected chi connectivity index (χ2v) is 6.90. The largest absolute Gasteiger partial charge is 0.332 e. The molecule has 1 N–H and O–H groups in total. The first kappa shape index (κ1) is 17.1. The Morgan fingerprint density at radius 1 is 1.32 bits per heavy atom. The molecule has 0 aliphatic rings. The molecule has 0 aromatic carbocycles. The lowest BCUT2D eigenvalue weighted by Gasteiger charge is -2.08. The van der Waals surface area contributed by atoms with Crippen LogP contribution in [0, 0.1) is 0 Å². The zero-order chi connectivity index (χ0) is 18.3. The van der Waals surface area contributed by atoms with E-state index in [2.05, 4.69) is 15.3 Å². The zero-order valence-electron chi connectivity index (χ0n) is 14.3. The van der Waals surface area contributed by atoms with Crippen LogP contribution in [0.4, 0.5) is 5.13 Å². The minimum Gasteiger partial charge on any atom is -0.328 e. The van der Waals surface area contributed by atoms with Crippen LogP contribution in [-0.4, -0.2) is 29.6 Å². The van der Waals surface area contributed by atoms with E-state index in [0.29, 0.717) is 5.13 Å². The Labute approximate surface area is 146 Å². The SMILES string of the molecule is CC(C)c1csc(NC(=O)Cn2c(=O)c3c(ncn3C)n(C)c2=O)n1. The quantitative estimate of drug-likeness (QED) is 0.734. The van der Waals surface area contributed by atoms with Gasteiger partial charge in [0.05, 0.1) is 12.0 Å². The average Bonchev–Trinajstić information content (AvgIpc) is 3.16. The predicted octanol–water partition coefficient (Wildman–Crippen LogP) is 0.652. The van der Waals surface area contributed by atoms with Crippen LogP contribution in [0.3, 0.4) is 0 Å². The number of aryl methyl sites for hydroxylation is 2. The third kappa shape index (κ3) is 3.00. The van der Waals surface area contributed by atoms with Gasteiger partial charge in [-0.05, 0) is 5.92 Å². The van der Waals surface area contributed by atoms with Gasteiger partial charge in [0, 0.05) is 19.5 Å². The van der Waals surface area contributed by atoms with Crippen molar-refractivity contribution in [3.63, 3.8) is 0 Å². The van der Waals surface area contributed by atoms with Crippen molar-refractivity contribution in [1.29, 1.82) is 0 Å². The van der Waals surface area contributed by atoms with Crippen molar-refractivity contribution < 1.29 is 4.79 Å². The molecule has 3 aromatic rings. The predicted molar refractivity (Wildman–Crippen MR) is 95.0 cm³/mol. The van der Waals surface area contributed by atoms with Gasteiger partial charge in [-0.25, -0.2) is 19.3 Å². The van der Waals surface area contributed by atoms with Crippen LogP contribution >= 0.6 is 11.3 Å². The normalized spacial score (nSPS) is 11.4. The second-order valence-electron chi connectivity index (χ2n) is 6.04. The van der Waals surface area contributed by atoms with Gasteiger partial charge in [0.2, 0.25) is 5.91 Å².